The van der Waals surface area contributed by atoms with Crippen molar-refractivity contribution < 1.29 is 4.79 Å². The van der Waals surface area contributed by atoms with E-state index in [2.05, 4.69) is 43.9 Å². The van der Waals surface area contributed by atoms with Crippen LogP contribution in [0.4, 0.5) is 11.5 Å². The fraction of sp³-hybridized carbons (Fsp3) is 0.200. The van der Waals surface area contributed by atoms with Crippen molar-refractivity contribution in [2.75, 3.05) is 23.3 Å². The lowest BCUT2D eigenvalue weighted by Gasteiger charge is -2.35. The van der Waals surface area contributed by atoms with Gasteiger partial charge in [0.25, 0.3) is 0 Å². The van der Waals surface area contributed by atoms with Crippen LogP contribution in [-0.4, -0.2) is 24.4 Å². The molecule has 0 bridgehead atoms. The summed E-state index contributed by atoms with van der Waals surface area (Å²) in [5, 5.41) is 3.28. The number of aromatic nitrogens is 1. The van der Waals surface area contributed by atoms with E-state index < -0.39 is 0 Å². The van der Waals surface area contributed by atoms with E-state index in [1.807, 2.05) is 36.5 Å². The number of anilines is 2. The van der Waals surface area contributed by atoms with E-state index in [0.29, 0.717) is 0 Å². The summed E-state index contributed by atoms with van der Waals surface area (Å²) >= 11 is 2.24. The summed E-state index contributed by atoms with van der Waals surface area (Å²) in [4.78, 5) is 18.1. The van der Waals surface area contributed by atoms with Gasteiger partial charge in [-0.15, -0.1) is 0 Å². The standard InChI is InChI=1S/C15H14IN3O/c16-12-8-13-15(18-9-12)17-6-7-19(13)14(10-20)11-4-2-1-3-5-11/h1-5,8-10,14H,6-7H2,(H,17,18). The number of fused-ring (bicyclic) bond motifs is 1. The van der Waals surface area contributed by atoms with Crippen molar-refractivity contribution in [2.45, 2.75) is 6.04 Å². The van der Waals surface area contributed by atoms with Crippen LogP contribution in [0.3, 0.4) is 0 Å². The fourth-order valence-electron chi connectivity index (χ4n) is 2.47. The molecule has 0 amide bonds. The molecule has 102 valence electrons. The molecule has 1 unspecified atom stereocenters. The Bertz CT molecular complexity index is 618. The normalized spacial score (nSPS) is 15.2. The lowest BCUT2D eigenvalue weighted by molar-refractivity contribution is -0.109. The Kier molecular flexibility index (Phi) is 3.86. The second-order valence-electron chi connectivity index (χ2n) is 4.63. The summed E-state index contributed by atoms with van der Waals surface area (Å²) in [6.45, 7) is 1.57. The molecule has 0 spiro atoms. The minimum atomic E-state index is -0.267. The first-order chi connectivity index (χ1) is 9.79. The molecular formula is C15H14IN3O. The highest BCUT2D eigenvalue weighted by Crippen LogP contribution is 2.34. The average molecular weight is 379 g/mol. The smallest absolute Gasteiger partial charge is 0.149 e. The summed E-state index contributed by atoms with van der Waals surface area (Å²) in [7, 11) is 0. The predicted octanol–water partition coefficient (Wildman–Crippen LogP) is 2.86. The van der Waals surface area contributed by atoms with Gasteiger partial charge in [-0.1, -0.05) is 30.3 Å². The van der Waals surface area contributed by atoms with E-state index in [-0.39, 0.29) is 6.04 Å². The molecule has 1 N–H and O–H groups in total. The Labute approximate surface area is 131 Å². The number of hydrogen-bond donors (Lipinski definition) is 1. The Morgan fingerprint density at radius 1 is 1.35 bits per heavy atom. The van der Waals surface area contributed by atoms with Crippen molar-refractivity contribution >= 4 is 40.4 Å². The van der Waals surface area contributed by atoms with Crippen LogP contribution in [0.1, 0.15) is 11.6 Å². The van der Waals surface area contributed by atoms with E-state index in [0.717, 1.165) is 40.0 Å². The number of benzene rings is 1. The molecule has 1 aliphatic rings. The number of hydrogen-bond acceptors (Lipinski definition) is 4. The Hall–Kier alpha value is -1.63. The molecule has 1 atom stereocenters. The minimum absolute atomic E-state index is 0.267. The molecule has 4 nitrogen and oxygen atoms in total. The van der Waals surface area contributed by atoms with E-state index in [1.54, 1.807) is 0 Å². The third-order valence-corrected chi connectivity index (χ3v) is 3.98. The highest BCUT2D eigenvalue weighted by Gasteiger charge is 2.25. The predicted molar refractivity (Wildman–Crippen MR) is 88.0 cm³/mol. The second kappa shape index (κ2) is 5.78. The number of pyridine rings is 1. The van der Waals surface area contributed by atoms with Gasteiger partial charge in [0, 0.05) is 22.9 Å². The zero-order chi connectivity index (χ0) is 13.9. The van der Waals surface area contributed by atoms with E-state index in [9.17, 15) is 4.79 Å². The van der Waals surface area contributed by atoms with Crippen molar-refractivity contribution in [1.29, 1.82) is 0 Å². The maximum Gasteiger partial charge on any atom is 0.149 e. The highest BCUT2D eigenvalue weighted by atomic mass is 127. The lowest BCUT2D eigenvalue weighted by atomic mass is 10.1. The molecule has 1 aliphatic heterocycles. The largest absolute Gasteiger partial charge is 0.367 e. The summed E-state index contributed by atoms with van der Waals surface area (Å²) in [6, 6.07) is 11.7. The Balaban J connectivity index is 2.02. The van der Waals surface area contributed by atoms with E-state index >= 15 is 0 Å². The number of carbonyl (C=O) groups is 1. The number of nitrogens with one attached hydrogen (secondary N) is 1. The molecule has 2 heterocycles. The van der Waals surface area contributed by atoms with Crippen LogP contribution >= 0.6 is 22.6 Å². The van der Waals surface area contributed by atoms with Gasteiger partial charge in [-0.3, -0.25) is 0 Å². The molecule has 0 radical (unpaired) electrons. The summed E-state index contributed by atoms with van der Waals surface area (Å²) in [5.74, 6) is 0.847. The van der Waals surface area contributed by atoms with E-state index in [1.165, 1.54) is 0 Å². The molecule has 0 saturated carbocycles. The summed E-state index contributed by atoms with van der Waals surface area (Å²) in [5.41, 5.74) is 2.00. The topological polar surface area (TPSA) is 45.2 Å². The van der Waals surface area contributed by atoms with Gasteiger partial charge in [-0.05, 0) is 34.2 Å². The molecule has 1 aromatic heterocycles. The Morgan fingerprint density at radius 2 is 2.15 bits per heavy atom. The maximum absolute atomic E-state index is 11.6. The number of halogens is 1. The van der Waals surface area contributed by atoms with Crippen LogP contribution in [0, 0.1) is 3.57 Å². The molecule has 0 fully saturated rings. The van der Waals surface area contributed by atoms with Crippen molar-refractivity contribution in [3.63, 3.8) is 0 Å². The molecule has 0 saturated heterocycles. The molecule has 1 aromatic carbocycles. The number of nitrogens with zero attached hydrogens (tertiary/aromatic N) is 2. The highest BCUT2D eigenvalue weighted by molar-refractivity contribution is 14.1. The molecule has 3 rings (SSSR count). The van der Waals surface area contributed by atoms with Crippen LogP contribution in [-0.2, 0) is 4.79 Å². The van der Waals surface area contributed by atoms with Gasteiger partial charge < -0.3 is 15.0 Å². The minimum Gasteiger partial charge on any atom is -0.367 e. The lowest BCUT2D eigenvalue weighted by Crippen LogP contribution is -2.38. The zero-order valence-electron chi connectivity index (χ0n) is 10.8. The third kappa shape index (κ3) is 2.49. The molecule has 20 heavy (non-hydrogen) atoms. The first-order valence-electron chi connectivity index (χ1n) is 6.46. The monoisotopic (exact) mass is 379 g/mol. The first-order valence-corrected chi connectivity index (χ1v) is 7.54. The van der Waals surface area contributed by atoms with Crippen LogP contribution < -0.4 is 10.2 Å². The molecule has 2 aromatic rings. The van der Waals surface area contributed by atoms with Gasteiger partial charge in [0.05, 0.1) is 5.69 Å². The SMILES string of the molecule is O=CC(c1ccccc1)N1CCNc2ncc(I)cc21. The van der Waals surface area contributed by atoms with Crippen LogP contribution in [0.25, 0.3) is 0 Å². The van der Waals surface area contributed by atoms with Crippen LogP contribution in [0.15, 0.2) is 42.6 Å². The van der Waals surface area contributed by atoms with Crippen molar-refractivity contribution in [3.05, 3.63) is 51.7 Å². The second-order valence-corrected chi connectivity index (χ2v) is 5.88. The summed E-state index contributed by atoms with van der Waals surface area (Å²) in [6.07, 6.45) is 2.83. The van der Waals surface area contributed by atoms with Crippen molar-refractivity contribution in [1.82, 2.24) is 4.98 Å². The van der Waals surface area contributed by atoms with Crippen molar-refractivity contribution in [2.24, 2.45) is 0 Å². The van der Waals surface area contributed by atoms with Gasteiger partial charge >= 0.3 is 0 Å². The van der Waals surface area contributed by atoms with Gasteiger partial charge in [0.2, 0.25) is 0 Å². The summed E-state index contributed by atoms with van der Waals surface area (Å²) < 4.78 is 1.06. The zero-order valence-corrected chi connectivity index (χ0v) is 12.9. The fourth-order valence-corrected chi connectivity index (χ4v) is 2.90. The van der Waals surface area contributed by atoms with Crippen LogP contribution in [0.2, 0.25) is 0 Å². The van der Waals surface area contributed by atoms with Crippen molar-refractivity contribution in [3.8, 4) is 0 Å². The molecule has 0 aliphatic carbocycles. The number of carbonyl (C=O) groups excluding carboxylic acids is 1. The molecule has 5 heteroatoms. The third-order valence-electron chi connectivity index (χ3n) is 3.39. The quantitative estimate of drug-likeness (QED) is 0.658. The number of rotatable bonds is 3. The van der Waals surface area contributed by atoms with Gasteiger partial charge in [0.1, 0.15) is 18.1 Å². The van der Waals surface area contributed by atoms with Gasteiger partial charge in [-0.2, -0.15) is 0 Å². The molecular weight excluding hydrogens is 365 g/mol. The van der Waals surface area contributed by atoms with E-state index in [4.69, 9.17) is 0 Å². The van der Waals surface area contributed by atoms with Gasteiger partial charge in [0.15, 0.2) is 0 Å². The maximum atomic E-state index is 11.6. The first kappa shape index (κ1) is 13.4. The Morgan fingerprint density at radius 3 is 2.90 bits per heavy atom. The average Bonchev–Trinajstić information content (AvgIpc) is 2.49. The van der Waals surface area contributed by atoms with Gasteiger partial charge in [-0.25, -0.2) is 4.98 Å². The van der Waals surface area contributed by atoms with Crippen LogP contribution in [0.5, 0.6) is 0 Å². The number of aldehydes is 1.